The Balaban J connectivity index is 3.19. The zero-order valence-electron chi connectivity index (χ0n) is 8.40. The van der Waals surface area contributed by atoms with Crippen LogP contribution in [0.2, 0.25) is 10.0 Å². The average Bonchev–Trinajstić information content (AvgIpc) is 2.06. The molecule has 0 radical (unpaired) electrons. The lowest BCUT2D eigenvalue weighted by molar-refractivity contribution is 0.0858. The Bertz CT molecular complexity index is 364. The predicted molar refractivity (Wildman–Crippen MR) is 60.2 cm³/mol. The molecule has 1 aromatic carbocycles. The monoisotopic (exact) mass is 230 g/mol. The van der Waals surface area contributed by atoms with Gasteiger partial charge in [0, 0.05) is 16.0 Å². The molecule has 0 heterocycles. The summed E-state index contributed by atoms with van der Waals surface area (Å²) < 4.78 is 0. The highest BCUT2D eigenvalue weighted by molar-refractivity contribution is 6.36. The molecule has 3 heteroatoms. The highest BCUT2D eigenvalue weighted by atomic mass is 35.5. The van der Waals surface area contributed by atoms with Gasteiger partial charge in [0.1, 0.15) is 0 Å². The summed E-state index contributed by atoms with van der Waals surface area (Å²) in [6.07, 6.45) is 0. The number of Topliss-reactive ketones (excluding diaryl/α,β-unsaturated/α-hetero) is 1. The van der Waals surface area contributed by atoms with Crippen LogP contribution in [0.25, 0.3) is 0 Å². The molecule has 1 nitrogen and oxygen atoms in total. The van der Waals surface area contributed by atoms with E-state index in [1.807, 2.05) is 20.8 Å². The fourth-order valence-electron chi connectivity index (χ4n) is 1.08. The van der Waals surface area contributed by atoms with Crippen molar-refractivity contribution in [3.05, 3.63) is 33.8 Å². The summed E-state index contributed by atoms with van der Waals surface area (Å²) in [6, 6.07) is 4.92. The highest BCUT2D eigenvalue weighted by Gasteiger charge is 2.24. The molecule has 14 heavy (non-hydrogen) atoms. The van der Waals surface area contributed by atoms with Crippen molar-refractivity contribution in [2.24, 2.45) is 5.41 Å². The van der Waals surface area contributed by atoms with Crippen molar-refractivity contribution in [3.63, 3.8) is 0 Å². The Morgan fingerprint density at radius 2 is 1.79 bits per heavy atom. The van der Waals surface area contributed by atoms with Gasteiger partial charge in [-0.2, -0.15) is 0 Å². The molecule has 0 fully saturated rings. The predicted octanol–water partition coefficient (Wildman–Crippen LogP) is 4.22. The number of rotatable bonds is 1. The van der Waals surface area contributed by atoms with Crippen molar-refractivity contribution in [1.82, 2.24) is 0 Å². The van der Waals surface area contributed by atoms with E-state index in [9.17, 15) is 4.79 Å². The van der Waals surface area contributed by atoms with E-state index in [1.54, 1.807) is 18.2 Å². The lowest BCUT2D eigenvalue weighted by atomic mass is 9.86. The molecule has 0 saturated heterocycles. The molecule has 0 amide bonds. The van der Waals surface area contributed by atoms with Gasteiger partial charge in [-0.3, -0.25) is 4.79 Å². The third-order valence-electron chi connectivity index (χ3n) is 1.85. The quantitative estimate of drug-likeness (QED) is 0.661. The molecular weight excluding hydrogens is 219 g/mol. The van der Waals surface area contributed by atoms with Crippen LogP contribution in [0.15, 0.2) is 18.2 Å². The Labute approximate surface area is 94.0 Å². The van der Waals surface area contributed by atoms with Crippen molar-refractivity contribution in [2.45, 2.75) is 20.8 Å². The minimum absolute atomic E-state index is 0.00463. The Morgan fingerprint density at radius 3 is 2.29 bits per heavy atom. The second-order valence-electron chi connectivity index (χ2n) is 4.20. The first-order chi connectivity index (χ1) is 6.32. The fourth-order valence-corrected chi connectivity index (χ4v) is 1.45. The number of carbonyl (C=O) groups is 1. The number of benzene rings is 1. The first kappa shape index (κ1) is 11.5. The molecule has 0 spiro atoms. The zero-order chi connectivity index (χ0) is 10.9. The number of carbonyl (C=O) groups excluding carboxylic acids is 1. The smallest absolute Gasteiger partial charge is 0.169 e. The van der Waals surface area contributed by atoms with Gasteiger partial charge < -0.3 is 0 Å². The van der Waals surface area contributed by atoms with E-state index in [4.69, 9.17) is 23.2 Å². The van der Waals surface area contributed by atoms with Crippen LogP contribution in [0, 0.1) is 5.41 Å². The third-order valence-corrected chi connectivity index (χ3v) is 2.42. The van der Waals surface area contributed by atoms with Crippen LogP contribution >= 0.6 is 23.2 Å². The Morgan fingerprint density at radius 1 is 1.21 bits per heavy atom. The van der Waals surface area contributed by atoms with Gasteiger partial charge in [0.05, 0.1) is 5.02 Å². The molecule has 0 aliphatic heterocycles. The summed E-state index contributed by atoms with van der Waals surface area (Å²) in [6.45, 7) is 5.56. The van der Waals surface area contributed by atoms with Crippen molar-refractivity contribution in [3.8, 4) is 0 Å². The van der Waals surface area contributed by atoms with Gasteiger partial charge in [-0.25, -0.2) is 0 Å². The van der Waals surface area contributed by atoms with E-state index in [0.29, 0.717) is 15.6 Å². The van der Waals surface area contributed by atoms with Gasteiger partial charge in [-0.1, -0.05) is 44.0 Å². The number of hydrogen-bond acceptors (Lipinski definition) is 1. The number of halogens is 2. The van der Waals surface area contributed by atoms with Crippen molar-refractivity contribution in [1.29, 1.82) is 0 Å². The van der Waals surface area contributed by atoms with Crippen LogP contribution in [0.3, 0.4) is 0 Å². The molecule has 0 N–H and O–H groups in total. The van der Waals surface area contributed by atoms with Crippen molar-refractivity contribution >= 4 is 29.0 Å². The summed E-state index contributed by atoms with van der Waals surface area (Å²) in [4.78, 5) is 11.9. The first-order valence-corrected chi connectivity index (χ1v) is 5.08. The molecule has 1 rings (SSSR count). The maximum absolute atomic E-state index is 11.9. The lowest BCUT2D eigenvalue weighted by Gasteiger charge is -2.17. The average molecular weight is 231 g/mol. The molecule has 1 aromatic rings. The minimum atomic E-state index is -0.436. The second kappa shape index (κ2) is 3.92. The molecule has 0 aliphatic carbocycles. The van der Waals surface area contributed by atoms with E-state index in [-0.39, 0.29) is 5.78 Å². The van der Waals surface area contributed by atoms with Gasteiger partial charge >= 0.3 is 0 Å². The zero-order valence-corrected chi connectivity index (χ0v) is 9.91. The lowest BCUT2D eigenvalue weighted by Crippen LogP contribution is -2.20. The summed E-state index contributed by atoms with van der Waals surface area (Å²) in [5, 5.41) is 0.983. The van der Waals surface area contributed by atoms with E-state index in [1.165, 1.54) is 0 Å². The topological polar surface area (TPSA) is 17.1 Å². The van der Waals surface area contributed by atoms with E-state index >= 15 is 0 Å². The summed E-state index contributed by atoms with van der Waals surface area (Å²) in [5.74, 6) is 0.00463. The molecule has 0 bridgehead atoms. The van der Waals surface area contributed by atoms with Gasteiger partial charge in [-0.05, 0) is 18.2 Å². The summed E-state index contributed by atoms with van der Waals surface area (Å²) in [7, 11) is 0. The van der Waals surface area contributed by atoms with Crippen molar-refractivity contribution < 1.29 is 4.79 Å². The van der Waals surface area contributed by atoms with Crippen LogP contribution in [-0.4, -0.2) is 5.78 Å². The Hall–Kier alpha value is -0.530. The standard InChI is InChI=1S/C11H12Cl2O/c1-11(2,3)10(14)8-6-7(12)4-5-9(8)13/h4-6H,1-3H3. The third kappa shape index (κ3) is 2.49. The SMILES string of the molecule is CC(C)(C)C(=O)c1cc(Cl)ccc1Cl. The van der Waals surface area contributed by atoms with E-state index in [2.05, 4.69) is 0 Å². The Kier molecular flexibility index (Phi) is 3.23. The maximum atomic E-state index is 11.9. The van der Waals surface area contributed by atoms with Gasteiger partial charge in [0.15, 0.2) is 5.78 Å². The number of ketones is 1. The van der Waals surface area contributed by atoms with Crippen LogP contribution in [0.4, 0.5) is 0 Å². The van der Waals surface area contributed by atoms with Crippen LogP contribution in [-0.2, 0) is 0 Å². The largest absolute Gasteiger partial charge is 0.294 e. The first-order valence-electron chi connectivity index (χ1n) is 4.32. The van der Waals surface area contributed by atoms with Crippen LogP contribution in [0.1, 0.15) is 31.1 Å². The summed E-state index contributed by atoms with van der Waals surface area (Å²) in [5.41, 5.74) is 0.0561. The molecule has 0 atom stereocenters. The van der Waals surface area contributed by atoms with Crippen LogP contribution in [0.5, 0.6) is 0 Å². The maximum Gasteiger partial charge on any atom is 0.169 e. The fraction of sp³-hybridized carbons (Fsp3) is 0.364. The normalized spacial score (nSPS) is 11.5. The van der Waals surface area contributed by atoms with Gasteiger partial charge in [-0.15, -0.1) is 0 Å². The molecule has 0 unspecified atom stereocenters. The highest BCUT2D eigenvalue weighted by Crippen LogP contribution is 2.27. The van der Waals surface area contributed by atoms with Crippen LogP contribution < -0.4 is 0 Å². The molecule has 0 aliphatic rings. The van der Waals surface area contributed by atoms with Gasteiger partial charge in [0.2, 0.25) is 0 Å². The number of hydrogen-bond donors (Lipinski definition) is 0. The molecule has 0 aromatic heterocycles. The van der Waals surface area contributed by atoms with Crippen molar-refractivity contribution in [2.75, 3.05) is 0 Å². The molecule has 0 saturated carbocycles. The van der Waals surface area contributed by atoms with E-state index in [0.717, 1.165) is 0 Å². The second-order valence-corrected chi connectivity index (χ2v) is 5.05. The van der Waals surface area contributed by atoms with E-state index < -0.39 is 5.41 Å². The minimum Gasteiger partial charge on any atom is -0.294 e. The molecular formula is C11H12Cl2O. The molecule has 76 valence electrons. The summed E-state index contributed by atoms with van der Waals surface area (Å²) >= 11 is 11.7. The van der Waals surface area contributed by atoms with Gasteiger partial charge in [0.25, 0.3) is 0 Å².